The number of benzene rings is 1. The predicted octanol–water partition coefficient (Wildman–Crippen LogP) is 1.90. The number of ether oxygens (including phenoxy) is 1. The van der Waals surface area contributed by atoms with Gasteiger partial charge in [-0.05, 0) is 30.7 Å². The van der Waals surface area contributed by atoms with Crippen LogP contribution in [0.4, 0.5) is 18.9 Å². The topological polar surface area (TPSA) is 60.4 Å². The third kappa shape index (κ3) is 6.49. The van der Waals surface area contributed by atoms with E-state index in [4.69, 9.17) is 4.74 Å². The molecule has 1 N–H and O–H groups in total. The summed E-state index contributed by atoms with van der Waals surface area (Å²) >= 11 is 0. The normalized spacial score (nSPS) is 20.2. The Morgan fingerprint density at radius 3 is 2.42 bits per heavy atom. The Labute approximate surface area is 180 Å². The van der Waals surface area contributed by atoms with Gasteiger partial charge in [-0.2, -0.15) is 13.2 Å². The maximum absolute atomic E-state index is 12.8. The minimum Gasteiger partial charge on any atom is -0.381 e. The molecule has 1 amide bonds. The van der Waals surface area contributed by atoms with Gasteiger partial charge in [-0.25, -0.2) is 4.99 Å². The highest BCUT2D eigenvalue weighted by atomic mass is 19.4. The fraction of sp³-hybridized carbons (Fsp3) is 0.619. The quantitative estimate of drug-likeness (QED) is 0.559. The third-order valence-electron chi connectivity index (χ3n) is 5.57. The summed E-state index contributed by atoms with van der Waals surface area (Å²) in [6.07, 6.45) is -3.33. The predicted molar refractivity (Wildman–Crippen MR) is 113 cm³/mol. The summed E-state index contributed by atoms with van der Waals surface area (Å²) < 4.78 is 43.8. The number of nitrogens with one attached hydrogen (secondary N) is 1. The van der Waals surface area contributed by atoms with Crippen molar-refractivity contribution in [2.75, 3.05) is 71.5 Å². The lowest BCUT2D eigenvalue weighted by atomic mass is 10.1. The van der Waals surface area contributed by atoms with Crippen LogP contribution in [0.3, 0.4) is 0 Å². The molecule has 2 fully saturated rings. The number of carbonyl (C=O) groups excluding carboxylic acids is 1. The Balaban J connectivity index is 1.60. The highest BCUT2D eigenvalue weighted by Crippen LogP contribution is 2.30. The fourth-order valence-corrected chi connectivity index (χ4v) is 3.57. The van der Waals surface area contributed by atoms with Crippen molar-refractivity contribution in [3.8, 4) is 0 Å². The van der Waals surface area contributed by atoms with E-state index in [0.717, 1.165) is 44.0 Å². The van der Waals surface area contributed by atoms with Gasteiger partial charge in [-0.1, -0.05) is 0 Å². The van der Waals surface area contributed by atoms with Gasteiger partial charge in [0, 0.05) is 65.0 Å². The molecule has 31 heavy (non-hydrogen) atoms. The molecule has 172 valence electrons. The van der Waals surface area contributed by atoms with Crippen molar-refractivity contribution in [3.63, 3.8) is 0 Å². The number of hydrogen-bond acceptors (Lipinski definition) is 4. The first kappa shape index (κ1) is 23.2. The van der Waals surface area contributed by atoms with E-state index >= 15 is 0 Å². The minimum absolute atomic E-state index is 0.0651. The summed E-state index contributed by atoms with van der Waals surface area (Å²) in [7, 11) is 3.40. The standard InChI is InChI=1S/C21H30F3N5O2/c1-27(2)19(30)14-26-20(25-13-16-7-12-31-15-16)29-10-8-28(9-11-29)18-5-3-17(4-6-18)21(22,23)24/h3-6,16H,7-15H2,1-2H3,(H,25,26). The highest BCUT2D eigenvalue weighted by Gasteiger charge is 2.30. The van der Waals surface area contributed by atoms with Gasteiger partial charge in [0.15, 0.2) is 5.96 Å². The summed E-state index contributed by atoms with van der Waals surface area (Å²) in [4.78, 5) is 22.2. The van der Waals surface area contributed by atoms with Crippen molar-refractivity contribution < 1.29 is 22.7 Å². The number of carbonyl (C=O) groups is 1. The molecule has 1 aromatic rings. The number of halogens is 3. The van der Waals surface area contributed by atoms with E-state index in [1.54, 1.807) is 14.1 Å². The van der Waals surface area contributed by atoms with Crippen molar-refractivity contribution in [3.05, 3.63) is 29.8 Å². The number of rotatable bonds is 5. The Hall–Kier alpha value is -2.49. The van der Waals surface area contributed by atoms with Gasteiger partial charge in [0.2, 0.25) is 5.91 Å². The summed E-state index contributed by atoms with van der Waals surface area (Å²) in [6, 6.07) is 5.27. The number of hydrogen-bond donors (Lipinski definition) is 1. The van der Waals surface area contributed by atoms with E-state index in [1.807, 2.05) is 0 Å². The monoisotopic (exact) mass is 441 g/mol. The number of anilines is 1. The zero-order valence-electron chi connectivity index (χ0n) is 18.0. The largest absolute Gasteiger partial charge is 0.416 e. The molecular weight excluding hydrogens is 411 g/mol. The number of likely N-dealkylation sites (N-methyl/N-ethyl adjacent to an activating group) is 1. The van der Waals surface area contributed by atoms with Crippen LogP contribution in [0.25, 0.3) is 0 Å². The molecule has 7 nitrogen and oxygen atoms in total. The lowest BCUT2D eigenvalue weighted by Gasteiger charge is -2.38. The van der Waals surface area contributed by atoms with Crippen LogP contribution in [0.2, 0.25) is 0 Å². The Kier molecular flexibility index (Phi) is 7.64. The summed E-state index contributed by atoms with van der Waals surface area (Å²) in [5.74, 6) is 1.03. The molecule has 0 bridgehead atoms. The average molecular weight is 441 g/mol. The average Bonchev–Trinajstić information content (AvgIpc) is 3.27. The molecule has 2 heterocycles. The summed E-state index contributed by atoms with van der Waals surface area (Å²) in [6.45, 7) is 4.90. The molecule has 0 saturated carbocycles. The van der Waals surface area contributed by atoms with Crippen LogP contribution >= 0.6 is 0 Å². The van der Waals surface area contributed by atoms with Crippen LogP contribution in [0.15, 0.2) is 29.3 Å². The van der Waals surface area contributed by atoms with Crippen LogP contribution in [-0.4, -0.2) is 88.2 Å². The molecule has 2 saturated heterocycles. The van der Waals surface area contributed by atoms with Crippen LogP contribution in [-0.2, 0) is 15.7 Å². The van der Waals surface area contributed by atoms with Crippen molar-refractivity contribution in [1.29, 1.82) is 0 Å². The molecule has 0 aliphatic carbocycles. The number of amides is 1. The second-order valence-corrected chi connectivity index (χ2v) is 8.06. The van der Waals surface area contributed by atoms with E-state index in [9.17, 15) is 18.0 Å². The van der Waals surface area contributed by atoms with E-state index in [-0.39, 0.29) is 12.5 Å². The van der Waals surface area contributed by atoms with Gasteiger partial charge in [-0.15, -0.1) is 0 Å². The lowest BCUT2D eigenvalue weighted by molar-refractivity contribution is -0.137. The lowest BCUT2D eigenvalue weighted by Crippen LogP contribution is -2.53. The van der Waals surface area contributed by atoms with Gasteiger partial charge in [0.1, 0.15) is 6.54 Å². The van der Waals surface area contributed by atoms with Crippen LogP contribution in [0, 0.1) is 5.92 Å². The fourth-order valence-electron chi connectivity index (χ4n) is 3.57. The molecule has 2 aliphatic heterocycles. The molecule has 0 spiro atoms. The molecular formula is C21H30F3N5O2. The summed E-state index contributed by atoms with van der Waals surface area (Å²) in [5.41, 5.74) is 0.125. The van der Waals surface area contributed by atoms with Crippen molar-refractivity contribution in [2.24, 2.45) is 10.9 Å². The van der Waals surface area contributed by atoms with E-state index in [1.165, 1.54) is 17.0 Å². The van der Waals surface area contributed by atoms with Crippen molar-refractivity contribution in [1.82, 2.24) is 15.1 Å². The molecule has 0 aromatic heterocycles. The van der Waals surface area contributed by atoms with Gasteiger partial charge in [0.05, 0.1) is 12.2 Å². The van der Waals surface area contributed by atoms with Crippen molar-refractivity contribution >= 4 is 17.6 Å². The van der Waals surface area contributed by atoms with Gasteiger partial charge >= 0.3 is 6.18 Å². The van der Waals surface area contributed by atoms with Crippen molar-refractivity contribution in [2.45, 2.75) is 12.6 Å². The number of aliphatic imine (C=N–C) groups is 1. The molecule has 10 heteroatoms. The Morgan fingerprint density at radius 2 is 1.87 bits per heavy atom. The molecule has 1 aromatic carbocycles. The SMILES string of the molecule is CN(C)C(=O)CN=C(NCC1CCOC1)N1CCN(c2ccc(C(F)(F)F)cc2)CC1. The minimum atomic E-state index is -4.33. The zero-order chi connectivity index (χ0) is 22.4. The number of piperazine rings is 1. The number of nitrogens with zero attached hydrogens (tertiary/aromatic N) is 4. The third-order valence-corrected chi connectivity index (χ3v) is 5.57. The smallest absolute Gasteiger partial charge is 0.381 e. The van der Waals surface area contributed by atoms with Gasteiger partial charge in [0.25, 0.3) is 0 Å². The van der Waals surface area contributed by atoms with Crippen LogP contribution < -0.4 is 10.2 Å². The second-order valence-electron chi connectivity index (χ2n) is 8.06. The number of alkyl halides is 3. The maximum Gasteiger partial charge on any atom is 0.416 e. The Bertz CT molecular complexity index is 753. The molecule has 3 rings (SSSR count). The number of guanidine groups is 1. The molecule has 0 radical (unpaired) electrons. The molecule has 2 aliphatic rings. The first-order chi connectivity index (χ1) is 14.7. The molecule has 1 unspecified atom stereocenters. The van der Waals surface area contributed by atoms with Crippen LogP contribution in [0.1, 0.15) is 12.0 Å². The first-order valence-electron chi connectivity index (χ1n) is 10.5. The molecule has 1 atom stereocenters. The first-order valence-corrected chi connectivity index (χ1v) is 10.5. The van der Waals surface area contributed by atoms with E-state index < -0.39 is 11.7 Å². The Morgan fingerprint density at radius 1 is 1.19 bits per heavy atom. The maximum atomic E-state index is 12.8. The van der Waals surface area contributed by atoms with Gasteiger partial charge in [-0.3, -0.25) is 4.79 Å². The van der Waals surface area contributed by atoms with Crippen LogP contribution in [0.5, 0.6) is 0 Å². The van der Waals surface area contributed by atoms with E-state index in [0.29, 0.717) is 38.1 Å². The highest BCUT2D eigenvalue weighted by molar-refractivity contribution is 5.85. The zero-order valence-corrected chi connectivity index (χ0v) is 18.0. The van der Waals surface area contributed by atoms with E-state index in [2.05, 4.69) is 20.1 Å². The summed E-state index contributed by atoms with van der Waals surface area (Å²) in [5, 5.41) is 3.39. The van der Waals surface area contributed by atoms with Gasteiger partial charge < -0.3 is 24.8 Å². The second kappa shape index (κ2) is 10.2.